The Kier molecular flexibility index (Phi) is 2.28. The van der Waals surface area contributed by atoms with Crippen LogP contribution in [0.4, 0.5) is 0 Å². The third-order valence-corrected chi connectivity index (χ3v) is 2.78. The molecule has 0 unspecified atom stereocenters. The lowest BCUT2D eigenvalue weighted by atomic mass is 10.3. The molecular weight excluding hydrogens is 318 g/mol. The lowest BCUT2D eigenvalue weighted by molar-refractivity contribution is -0.538. The summed E-state index contributed by atoms with van der Waals surface area (Å²) in [4.78, 5) is 24.8. The van der Waals surface area contributed by atoms with Crippen LogP contribution in [0, 0.1) is 4.91 Å². The van der Waals surface area contributed by atoms with Crippen molar-refractivity contribution in [3.63, 3.8) is 0 Å². The van der Waals surface area contributed by atoms with E-state index in [1.807, 2.05) is 0 Å². The molecule has 2 N–H and O–H groups in total. The van der Waals surface area contributed by atoms with Gasteiger partial charge in [0.25, 0.3) is 0 Å². The molecule has 0 aliphatic rings. The Bertz CT molecular complexity index is 616. The predicted molar refractivity (Wildman–Crippen MR) is 57.7 cm³/mol. The zero-order valence-electron chi connectivity index (χ0n) is 6.67. The topological polar surface area (TPSA) is 71.6 Å². The molecule has 14 heavy (non-hydrogen) atoms. The number of nitrogens with zero attached hydrogens (tertiary/aromatic N) is 1. The fourth-order valence-electron chi connectivity index (χ4n) is 1.14. The molecule has 0 spiro atoms. The van der Waals surface area contributed by atoms with Gasteiger partial charge in [-0.1, -0.05) is 21.0 Å². The van der Waals surface area contributed by atoms with Gasteiger partial charge in [0.05, 0.1) is 4.91 Å². The lowest BCUT2D eigenvalue weighted by Crippen LogP contribution is -2.31. The van der Waals surface area contributed by atoms with E-state index in [1.54, 1.807) is 12.1 Å². The van der Waals surface area contributed by atoms with Crippen LogP contribution in [0.2, 0.25) is 0 Å². The Hall–Kier alpha value is -0.950. The van der Waals surface area contributed by atoms with E-state index in [2.05, 4.69) is 41.9 Å². The molecule has 1 aromatic carbocycles. The van der Waals surface area contributed by atoms with Gasteiger partial charge in [0.15, 0.2) is 4.54 Å². The van der Waals surface area contributed by atoms with Gasteiger partial charge in [-0.2, -0.15) is 0 Å². The summed E-state index contributed by atoms with van der Waals surface area (Å²) in [5.41, 5.74) is 0.272. The van der Waals surface area contributed by atoms with Gasteiger partial charge in [0.1, 0.15) is 5.52 Å². The van der Waals surface area contributed by atoms with E-state index in [4.69, 9.17) is 0 Å². The van der Waals surface area contributed by atoms with Crippen molar-refractivity contribution < 1.29 is 4.54 Å². The van der Waals surface area contributed by atoms with Gasteiger partial charge in [-0.05, 0) is 22.0 Å². The Morgan fingerprint density at radius 2 is 2.00 bits per heavy atom. The normalized spacial score (nSPS) is 10.7. The van der Waals surface area contributed by atoms with Gasteiger partial charge in [0, 0.05) is 15.0 Å². The molecule has 1 heterocycles. The summed E-state index contributed by atoms with van der Waals surface area (Å²) in [5.74, 6) is 0. The molecule has 5 nitrogen and oxygen atoms in total. The van der Waals surface area contributed by atoms with Crippen LogP contribution in [0.25, 0.3) is 11.0 Å². The number of fused-ring (bicyclic) bond motifs is 1. The van der Waals surface area contributed by atoms with Crippen molar-refractivity contribution in [2.24, 2.45) is 0 Å². The van der Waals surface area contributed by atoms with Crippen LogP contribution in [0.1, 0.15) is 0 Å². The van der Waals surface area contributed by atoms with E-state index in [-0.39, 0.29) is 0 Å². The molecular formula is C7H4Br2N3O2+. The van der Waals surface area contributed by atoms with Crippen molar-refractivity contribution in [2.45, 2.75) is 0 Å². The molecule has 0 atom stereocenters. The molecule has 0 saturated carbocycles. The molecule has 0 bridgehead atoms. The monoisotopic (exact) mass is 320 g/mol. The molecule has 2 aromatic rings. The molecule has 0 saturated heterocycles. The van der Waals surface area contributed by atoms with Crippen molar-refractivity contribution in [2.75, 3.05) is 0 Å². The van der Waals surface area contributed by atoms with Crippen molar-refractivity contribution in [3.8, 4) is 0 Å². The third-order valence-electron chi connectivity index (χ3n) is 1.69. The Balaban J connectivity index is 3.10. The molecule has 0 fully saturated rings. The number of hydrogen-bond acceptors (Lipinski definition) is 2. The highest BCUT2D eigenvalue weighted by molar-refractivity contribution is 9.11. The van der Waals surface area contributed by atoms with Crippen molar-refractivity contribution >= 4 is 42.9 Å². The SMILES string of the molecule is O=c1[nH]c2c(Br)cc(Br)cc2[n+](=O)[nH]1. The standard InChI is InChI=1S/C7H3Br2N3O2/c8-3-1-4(9)6-5(2-3)12(14)11-7(13)10-6/h1-2H,(H-,10,11,13,14)/p+1. The summed E-state index contributed by atoms with van der Waals surface area (Å²) >= 11 is 6.50. The molecule has 0 aliphatic heterocycles. The van der Waals surface area contributed by atoms with Gasteiger partial charge >= 0.3 is 11.2 Å². The molecule has 0 amide bonds. The molecule has 7 heteroatoms. The van der Waals surface area contributed by atoms with E-state index >= 15 is 0 Å². The minimum absolute atomic E-state index is 0.353. The smallest absolute Gasteiger partial charge is 0.297 e. The quantitative estimate of drug-likeness (QED) is 0.718. The summed E-state index contributed by atoms with van der Waals surface area (Å²) in [6.45, 7) is 0. The minimum atomic E-state index is -0.546. The zero-order valence-corrected chi connectivity index (χ0v) is 9.85. The zero-order chi connectivity index (χ0) is 10.3. The molecule has 0 radical (unpaired) electrons. The van der Waals surface area contributed by atoms with E-state index in [0.717, 1.165) is 4.47 Å². The summed E-state index contributed by atoms with van der Waals surface area (Å²) < 4.78 is 1.82. The van der Waals surface area contributed by atoms with E-state index < -0.39 is 5.69 Å². The number of aromatic amines is 2. The second kappa shape index (κ2) is 3.32. The summed E-state index contributed by atoms with van der Waals surface area (Å²) in [7, 11) is 0. The summed E-state index contributed by atoms with van der Waals surface area (Å²) in [6.07, 6.45) is 0. The highest BCUT2D eigenvalue weighted by Gasteiger charge is 2.12. The Morgan fingerprint density at radius 3 is 2.71 bits per heavy atom. The second-order valence-electron chi connectivity index (χ2n) is 2.64. The van der Waals surface area contributed by atoms with Crippen LogP contribution in [0.3, 0.4) is 0 Å². The second-order valence-corrected chi connectivity index (χ2v) is 4.41. The predicted octanol–water partition coefficient (Wildman–Crippen LogP) is 1.30. The summed E-state index contributed by atoms with van der Waals surface area (Å²) in [5, 5.41) is 2.08. The molecule has 0 aliphatic carbocycles. The molecule has 1 aromatic heterocycles. The highest BCUT2D eigenvalue weighted by Crippen LogP contribution is 2.23. The van der Waals surface area contributed by atoms with Gasteiger partial charge in [-0.3, -0.25) is 4.98 Å². The number of halogens is 2. The minimum Gasteiger partial charge on any atom is -0.297 e. The first-order valence-electron chi connectivity index (χ1n) is 3.62. The number of benzene rings is 1. The largest absolute Gasteiger partial charge is 0.376 e. The van der Waals surface area contributed by atoms with Crippen molar-refractivity contribution in [3.05, 3.63) is 36.5 Å². The average molecular weight is 322 g/mol. The average Bonchev–Trinajstić information content (AvgIpc) is 2.07. The number of hydrogen-bond donors (Lipinski definition) is 2. The first kappa shape index (κ1) is 9.60. The van der Waals surface area contributed by atoms with Crippen LogP contribution in [-0.2, 0) is 0 Å². The first-order valence-corrected chi connectivity index (χ1v) is 5.20. The Morgan fingerprint density at radius 1 is 1.29 bits per heavy atom. The fraction of sp³-hybridized carbons (Fsp3) is 0. The number of aromatic nitrogens is 3. The van der Waals surface area contributed by atoms with Gasteiger partial charge < -0.3 is 0 Å². The van der Waals surface area contributed by atoms with E-state index in [1.165, 1.54) is 0 Å². The lowest BCUT2D eigenvalue weighted by Gasteiger charge is -1.94. The number of H-pyrrole nitrogens is 2. The first-order chi connectivity index (χ1) is 6.58. The summed E-state index contributed by atoms with van der Waals surface area (Å²) in [6, 6.07) is 3.36. The fourth-order valence-corrected chi connectivity index (χ4v) is 2.44. The molecule has 2 rings (SSSR count). The van der Waals surface area contributed by atoms with Crippen LogP contribution in [0.5, 0.6) is 0 Å². The van der Waals surface area contributed by atoms with E-state index in [9.17, 15) is 9.70 Å². The maximum atomic E-state index is 11.3. The van der Waals surface area contributed by atoms with Gasteiger partial charge in [0.2, 0.25) is 0 Å². The third kappa shape index (κ3) is 1.53. The van der Waals surface area contributed by atoms with Crippen LogP contribution in [-0.4, -0.2) is 10.1 Å². The van der Waals surface area contributed by atoms with Crippen molar-refractivity contribution in [1.29, 1.82) is 0 Å². The van der Waals surface area contributed by atoms with Crippen molar-refractivity contribution in [1.82, 2.24) is 10.1 Å². The number of rotatable bonds is 0. The maximum absolute atomic E-state index is 11.3. The van der Waals surface area contributed by atoms with Crippen LogP contribution in [0.15, 0.2) is 25.9 Å². The highest BCUT2D eigenvalue weighted by atomic mass is 79.9. The van der Waals surface area contributed by atoms with Gasteiger partial charge in [-0.25, -0.2) is 4.79 Å². The van der Waals surface area contributed by atoms with Gasteiger partial charge in [-0.15, -0.1) is 0 Å². The molecule has 72 valence electrons. The maximum Gasteiger partial charge on any atom is 0.376 e. The Labute approximate surface area is 94.0 Å². The van der Waals surface area contributed by atoms with Crippen LogP contribution >= 0.6 is 31.9 Å². The number of nitrogens with one attached hydrogen (secondary N) is 2. The van der Waals surface area contributed by atoms with Crippen LogP contribution < -0.4 is 10.2 Å². The van der Waals surface area contributed by atoms with E-state index in [0.29, 0.717) is 20.0 Å².